The smallest absolute Gasteiger partial charge is 0.306 e. The van der Waals surface area contributed by atoms with Crippen molar-refractivity contribution in [3.05, 3.63) is 64.1 Å². The maximum Gasteiger partial charge on any atom is 0.306 e. The predicted octanol–water partition coefficient (Wildman–Crippen LogP) is 4.32. The van der Waals surface area contributed by atoms with Crippen LogP contribution in [0, 0.1) is 0 Å². The molecule has 1 heterocycles. The number of aliphatic imine (C=N–C) groups is 1. The highest BCUT2D eigenvalue weighted by molar-refractivity contribution is 9.10. The van der Waals surface area contributed by atoms with Crippen LogP contribution in [0.25, 0.3) is 0 Å². The van der Waals surface area contributed by atoms with Gasteiger partial charge in [-0.15, -0.1) is 0 Å². The first-order valence-electron chi connectivity index (χ1n) is 13.4. The Labute approximate surface area is 249 Å². The van der Waals surface area contributed by atoms with E-state index in [9.17, 15) is 9.59 Å². The van der Waals surface area contributed by atoms with Gasteiger partial charge in [-0.25, -0.2) is 4.99 Å². The molecule has 0 spiro atoms. The number of hydrogen-bond donors (Lipinski definition) is 2. The maximum atomic E-state index is 14.1. The molecule has 10 nitrogen and oxygen atoms in total. The minimum atomic E-state index is -1.52. The van der Waals surface area contributed by atoms with Gasteiger partial charge in [0, 0.05) is 49.3 Å². The summed E-state index contributed by atoms with van der Waals surface area (Å²) in [6, 6.07) is 14.6. The van der Waals surface area contributed by atoms with Gasteiger partial charge in [-0.1, -0.05) is 34.1 Å². The Balaban J connectivity index is 2.04. The molecule has 2 aromatic carbocycles. The SMILES string of the molecule is COC(CNC(=O)[C@]1(CCC(=O)OC(C)(C)C)N=C(c2ccc(OCCCO)cc2)O[C@@H]1c1ccccc1Br)OC. The Morgan fingerprint density at radius 2 is 1.80 bits per heavy atom. The molecule has 41 heavy (non-hydrogen) atoms. The van der Waals surface area contributed by atoms with Crippen molar-refractivity contribution in [3.63, 3.8) is 0 Å². The number of rotatable bonds is 14. The number of nitrogens with zero attached hydrogens (tertiary/aromatic N) is 1. The molecule has 0 aromatic heterocycles. The lowest BCUT2D eigenvalue weighted by Crippen LogP contribution is -2.50. The molecule has 0 saturated heterocycles. The fourth-order valence-corrected chi connectivity index (χ4v) is 4.80. The highest BCUT2D eigenvalue weighted by atomic mass is 79.9. The summed E-state index contributed by atoms with van der Waals surface area (Å²) >= 11 is 3.60. The number of carbonyl (C=O) groups excluding carboxylic acids is 2. The third-order valence-electron chi connectivity index (χ3n) is 6.30. The largest absolute Gasteiger partial charge is 0.494 e. The van der Waals surface area contributed by atoms with Crippen molar-refractivity contribution < 1.29 is 38.4 Å². The minimum absolute atomic E-state index is 0.0240. The zero-order valence-corrected chi connectivity index (χ0v) is 25.7. The Kier molecular flexibility index (Phi) is 11.7. The van der Waals surface area contributed by atoms with E-state index in [2.05, 4.69) is 21.2 Å². The number of methoxy groups -OCH3 is 2. The third-order valence-corrected chi connectivity index (χ3v) is 7.03. The number of hydrogen-bond acceptors (Lipinski definition) is 9. The second-order valence-electron chi connectivity index (χ2n) is 10.5. The number of benzene rings is 2. The van der Waals surface area contributed by atoms with Crippen molar-refractivity contribution in [2.45, 2.75) is 63.6 Å². The van der Waals surface area contributed by atoms with E-state index in [1.54, 1.807) is 45.0 Å². The molecule has 1 aliphatic rings. The van der Waals surface area contributed by atoms with Crippen LogP contribution < -0.4 is 10.1 Å². The normalized spacial score (nSPS) is 18.5. The molecule has 0 saturated carbocycles. The van der Waals surface area contributed by atoms with E-state index >= 15 is 0 Å². The van der Waals surface area contributed by atoms with E-state index in [4.69, 9.17) is 33.8 Å². The van der Waals surface area contributed by atoms with E-state index in [-0.39, 0.29) is 31.9 Å². The van der Waals surface area contributed by atoms with Crippen molar-refractivity contribution in [3.8, 4) is 5.75 Å². The van der Waals surface area contributed by atoms with Crippen LogP contribution in [0.4, 0.5) is 0 Å². The van der Waals surface area contributed by atoms with Gasteiger partial charge in [-0.2, -0.15) is 0 Å². The Hall–Kier alpha value is -2.99. The van der Waals surface area contributed by atoms with E-state index in [1.807, 2.05) is 24.3 Å². The Morgan fingerprint density at radius 3 is 2.41 bits per heavy atom. The number of carbonyl (C=O) groups is 2. The molecule has 2 N–H and O–H groups in total. The lowest BCUT2D eigenvalue weighted by atomic mass is 9.83. The summed E-state index contributed by atoms with van der Waals surface area (Å²) in [6.45, 7) is 5.86. The summed E-state index contributed by atoms with van der Waals surface area (Å²) in [6.07, 6.45) is -1.06. The number of esters is 1. The van der Waals surface area contributed by atoms with E-state index in [0.717, 1.165) is 4.47 Å². The van der Waals surface area contributed by atoms with Crippen molar-refractivity contribution in [1.29, 1.82) is 0 Å². The van der Waals surface area contributed by atoms with Crippen LogP contribution in [0.3, 0.4) is 0 Å². The molecule has 11 heteroatoms. The number of amides is 1. The maximum absolute atomic E-state index is 14.1. The van der Waals surface area contributed by atoms with Gasteiger partial charge in [-0.05, 0) is 57.5 Å². The van der Waals surface area contributed by atoms with Crippen LogP contribution in [-0.2, 0) is 28.5 Å². The molecule has 0 aliphatic carbocycles. The van der Waals surface area contributed by atoms with E-state index < -0.39 is 35.4 Å². The molecule has 3 rings (SSSR count). The highest BCUT2D eigenvalue weighted by Crippen LogP contribution is 2.45. The Bertz CT molecular complexity index is 1190. The average molecular weight is 636 g/mol. The summed E-state index contributed by atoms with van der Waals surface area (Å²) in [7, 11) is 2.96. The van der Waals surface area contributed by atoms with Gasteiger partial charge in [0.1, 0.15) is 11.4 Å². The van der Waals surface area contributed by atoms with Gasteiger partial charge in [0.15, 0.2) is 17.9 Å². The molecule has 2 atom stereocenters. The van der Waals surface area contributed by atoms with Gasteiger partial charge >= 0.3 is 5.97 Å². The summed E-state index contributed by atoms with van der Waals surface area (Å²) in [5.74, 6) is -0.0144. The molecule has 2 aromatic rings. The highest BCUT2D eigenvalue weighted by Gasteiger charge is 2.54. The van der Waals surface area contributed by atoms with Gasteiger partial charge in [0.05, 0.1) is 13.2 Å². The zero-order valence-electron chi connectivity index (χ0n) is 24.1. The molecule has 224 valence electrons. The first-order valence-corrected chi connectivity index (χ1v) is 14.2. The molecule has 1 aliphatic heterocycles. The summed E-state index contributed by atoms with van der Waals surface area (Å²) in [5.41, 5.74) is -0.863. The summed E-state index contributed by atoms with van der Waals surface area (Å²) < 4.78 is 28.9. The van der Waals surface area contributed by atoms with Crippen LogP contribution >= 0.6 is 15.9 Å². The predicted molar refractivity (Wildman–Crippen MR) is 157 cm³/mol. The van der Waals surface area contributed by atoms with Crippen LogP contribution in [-0.4, -0.2) is 74.3 Å². The van der Waals surface area contributed by atoms with E-state index in [0.29, 0.717) is 29.9 Å². The third kappa shape index (κ3) is 8.75. The number of ether oxygens (including phenoxy) is 5. The van der Waals surface area contributed by atoms with Crippen molar-refractivity contribution >= 4 is 33.7 Å². The topological polar surface area (TPSA) is 125 Å². The first-order chi connectivity index (χ1) is 19.5. The molecular weight excluding hydrogens is 596 g/mol. The molecule has 0 fully saturated rings. The number of aliphatic hydroxyl groups is 1. The molecule has 0 unspecified atom stereocenters. The number of halogens is 1. The second kappa shape index (κ2) is 14.8. The fraction of sp³-hybridized carbons (Fsp3) is 0.500. The number of nitrogens with one attached hydrogen (secondary N) is 1. The van der Waals surface area contributed by atoms with Crippen molar-refractivity contribution in [1.82, 2.24) is 5.32 Å². The molecule has 0 radical (unpaired) electrons. The minimum Gasteiger partial charge on any atom is -0.494 e. The molecule has 0 bridgehead atoms. The second-order valence-corrected chi connectivity index (χ2v) is 11.4. The Morgan fingerprint density at radius 1 is 1.12 bits per heavy atom. The van der Waals surface area contributed by atoms with Gasteiger partial charge < -0.3 is 34.1 Å². The molecule has 1 amide bonds. The first kappa shape index (κ1) is 32.5. The van der Waals surface area contributed by atoms with E-state index in [1.165, 1.54) is 14.2 Å². The number of aliphatic hydroxyl groups excluding tert-OH is 1. The molecular formula is C30H39BrN2O8. The van der Waals surface area contributed by atoms with Crippen LogP contribution in [0.15, 0.2) is 58.0 Å². The fourth-order valence-electron chi connectivity index (χ4n) is 4.31. The van der Waals surface area contributed by atoms with Gasteiger partial charge in [0.2, 0.25) is 5.90 Å². The lowest BCUT2D eigenvalue weighted by molar-refractivity contribution is -0.155. The standard InChI is InChI=1S/C30H39BrN2O8/c1-29(2,3)41-24(35)15-16-30(28(36)32-19-25(37-4)38-5)26(22-9-6-7-10-23(22)31)40-27(33-30)20-11-13-21(14-12-20)39-18-8-17-34/h6-7,9-14,25-26,34H,8,15-19H2,1-5H3,(H,32,36)/t26-,30-/m1/s1. The summed E-state index contributed by atoms with van der Waals surface area (Å²) in [4.78, 5) is 31.8. The van der Waals surface area contributed by atoms with Gasteiger partial charge in [-0.3, -0.25) is 9.59 Å². The monoisotopic (exact) mass is 634 g/mol. The van der Waals surface area contributed by atoms with Crippen molar-refractivity contribution in [2.75, 3.05) is 34.0 Å². The quantitative estimate of drug-likeness (QED) is 0.179. The lowest BCUT2D eigenvalue weighted by Gasteiger charge is -2.31. The van der Waals surface area contributed by atoms with Crippen LogP contribution in [0.5, 0.6) is 5.75 Å². The van der Waals surface area contributed by atoms with Crippen LogP contribution in [0.1, 0.15) is 57.3 Å². The average Bonchev–Trinajstić information content (AvgIpc) is 3.33. The van der Waals surface area contributed by atoms with Crippen LogP contribution in [0.2, 0.25) is 0 Å². The van der Waals surface area contributed by atoms with Gasteiger partial charge in [0.25, 0.3) is 5.91 Å². The van der Waals surface area contributed by atoms with Crippen molar-refractivity contribution in [2.24, 2.45) is 4.99 Å². The zero-order chi connectivity index (χ0) is 30.0. The summed E-state index contributed by atoms with van der Waals surface area (Å²) in [5, 5.41) is 11.9.